The smallest absolute Gasteiger partial charge is 0.234 e. The Morgan fingerprint density at radius 2 is 1.53 bits per heavy atom. The number of hydrogen-bond donors (Lipinski definition) is 2. The zero-order chi connectivity index (χ0) is 32.8. The molecule has 0 bridgehead atoms. The predicted molar refractivity (Wildman–Crippen MR) is 194 cm³/mol. The number of carbonyl (C=O) groups excluding carboxylic acids is 2. The average molecular weight is 670 g/mol. The standard InChI is InChI=1S/C38H44ClN5O2S/c1-44(2)36-32-10-6-7-11-33(32)42-38(43-36)41-30-20-18-29(19-21-30)40-37(46)35(47-31-22-16-28(39)17-23-31)24-34(45)27-14-12-26(13-15-27)25-8-4-3-5-9-25/h6-7,10-17,22-23,25,29-30,35H,3-5,8-9,18-21,24H2,1-2H3,(H,40,46)(H,41,42,43). The van der Waals surface area contributed by atoms with Gasteiger partial charge in [0.15, 0.2) is 5.78 Å². The number of hydrogen-bond acceptors (Lipinski definition) is 7. The Balaban J connectivity index is 1.08. The minimum absolute atomic E-state index is 0.0119. The number of anilines is 2. The lowest BCUT2D eigenvalue weighted by Crippen LogP contribution is -2.44. The molecule has 2 fully saturated rings. The van der Waals surface area contributed by atoms with Crippen LogP contribution in [0.1, 0.15) is 86.0 Å². The number of aromatic nitrogens is 2. The molecular formula is C38H44ClN5O2S. The molecule has 1 heterocycles. The van der Waals surface area contributed by atoms with E-state index in [0.717, 1.165) is 47.3 Å². The summed E-state index contributed by atoms with van der Waals surface area (Å²) in [7, 11) is 3.98. The quantitative estimate of drug-likeness (QED) is 0.122. The lowest BCUT2D eigenvalue weighted by atomic mass is 9.84. The number of thioether (sulfide) groups is 1. The van der Waals surface area contributed by atoms with Gasteiger partial charge in [0.1, 0.15) is 5.82 Å². The second-order valence-electron chi connectivity index (χ2n) is 13.1. The van der Waals surface area contributed by atoms with Crippen molar-refractivity contribution < 1.29 is 9.59 Å². The Bertz CT molecular complexity index is 1670. The summed E-state index contributed by atoms with van der Waals surface area (Å²) in [4.78, 5) is 39.8. The van der Waals surface area contributed by atoms with Crippen LogP contribution in [-0.2, 0) is 4.79 Å². The van der Waals surface area contributed by atoms with E-state index in [-0.39, 0.29) is 30.2 Å². The summed E-state index contributed by atoms with van der Waals surface area (Å²) < 4.78 is 0. The summed E-state index contributed by atoms with van der Waals surface area (Å²) in [6.07, 6.45) is 9.90. The second-order valence-corrected chi connectivity index (χ2v) is 14.8. The number of nitrogens with one attached hydrogen (secondary N) is 2. The van der Waals surface area contributed by atoms with Gasteiger partial charge in [-0.05, 0) is 86.4 Å². The summed E-state index contributed by atoms with van der Waals surface area (Å²) in [5.41, 5.74) is 2.90. The molecule has 3 aromatic carbocycles. The van der Waals surface area contributed by atoms with Gasteiger partial charge in [0, 0.05) is 53.5 Å². The molecule has 4 aromatic rings. The van der Waals surface area contributed by atoms with E-state index in [2.05, 4.69) is 22.8 Å². The van der Waals surface area contributed by atoms with Gasteiger partial charge in [0.2, 0.25) is 11.9 Å². The lowest BCUT2D eigenvalue weighted by Gasteiger charge is -2.31. The number of halogens is 1. The molecule has 2 N–H and O–H groups in total. The van der Waals surface area contributed by atoms with Gasteiger partial charge in [-0.2, -0.15) is 4.98 Å². The van der Waals surface area contributed by atoms with Crippen molar-refractivity contribution in [3.63, 3.8) is 0 Å². The minimum Gasteiger partial charge on any atom is -0.362 e. The van der Waals surface area contributed by atoms with E-state index in [9.17, 15) is 9.59 Å². The van der Waals surface area contributed by atoms with Crippen molar-refractivity contribution in [2.45, 2.75) is 92.4 Å². The van der Waals surface area contributed by atoms with E-state index in [1.807, 2.05) is 79.7 Å². The fourth-order valence-electron chi connectivity index (χ4n) is 6.85. The number of nitrogens with zero attached hydrogens (tertiary/aromatic N) is 3. The van der Waals surface area contributed by atoms with Crippen LogP contribution in [-0.4, -0.2) is 53.1 Å². The maximum absolute atomic E-state index is 13.8. The average Bonchev–Trinajstić information content (AvgIpc) is 3.09. The van der Waals surface area contributed by atoms with E-state index in [4.69, 9.17) is 21.6 Å². The zero-order valence-electron chi connectivity index (χ0n) is 27.3. The molecule has 2 aliphatic rings. The summed E-state index contributed by atoms with van der Waals surface area (Å²) in [5.74, 6) is 2.00. The molecule has 1 atom stereocenters. The molecule has 47 heavy (non-hydrogen) atoms. The molecule has 1 amide bonds. The Labute approximate surface area is 287 Å². The summed E-state index contributed by atoms with van der Waals surface area (Å²) >= 11 is 7.55. The first-order valence-corrected chi connectivity index (χ1v) is 18.1. The predicted octanol–water partition coefficient (Wildman–Crippen LogP) is 8.67. The molecule has 0 saturated heterocycles. The minimum atomic E-state index is -0.548. The second kappa shape index (κ2) is 15.5. The number of Topliss-reactive ketones (excluding diaryl/α,β-unsaturated/α-hetero) is 1. The first kappa shape index (κ1) is 33.3. The molecule has 0 spiro atoms. The maximum Gasteiger partial charge on any atom is 0.234 e. The highest BCUT2D eigenvalue weighted by molar-refractivity contribution is 8.00. The molecule has 2 saturated carbocycles. The Morgan fingerprint density at radius 1 is 0.851 bits per heavy atom. The van der Waals surface area contributed by atoms with Gasteiger partial charge in [0.25, 0.3) is 0 Å². The number of amides is 1. The highest BCUT2D eigenvalue weighted by Crippen LogP contribution is 2.34. The first-order chi connectivity index (χ1) is 22.8. The van der Waals surface area contributed by atoms with Crippen LogP contribution < -0.4 is 15.5 Å². The Morgan fingerprint density at radius 3 is 2.23 bits per heavy atom. The van der Waals surface area contributed by atoms with Crippen LogP contribution in [0.3, 0.4) is 0 Å². The van der Waals surface area contributed by atoms with Crippen molar-refractivity contribution in [2.75, 3.05) is 24.3 Å². The number of rotatable bonds is 11. The number of fused-ring (bicyclic) bond motifs is 1. The molecule has 2 aliphatic carbocycles. The van der Waals surface area contributed by atoms with Crippen molar-refractivity contribution in [1.82, 2.24) is 15.3 Å². The molecule has 0 aliphatic heterocycles. The molecular weight excluding hydrogens is 626 g/mol. The zero-order valence-corrected chi connectivity index (χ0v) is 28.8. The van der Waals surface area contributed by atoms with Crippen LogP contribution >= 0.6 is 23.4 Å². The van der Waals surface area contributed by atoms with Crippen LogP contribution in [0, 0.1) is 0 Å². The van der Waals surface area contributed by atoms with E-state index in [1.165, 1.54) is 49.4 Å². The first-order valence-electron chi connectivity index (χ1n) is 16.9. The number of benzene rings is 3. The van der Waals surface area contributed by atoms with E-state index < -0.39 is 5.25 Å². The highest BCUT2D eigenvalue weighted by atomic mass is 35.5. The molecule has 1 aromatic heterocycles. The van der Waals surface area contributed by atoms with Gasteiger partial charge in [-0.25, -0.2) is 4.98 Å². The van der Waals surface area contributed by atoms with Crippen LogP contribution in [0.2, 0.25) is 5.02 Å². The summed E-state index contributed by atoms with van der Waals surface area (Å²) in [6, 6.07) is 23.9. The molecule has 246 valence electrons. The third-order valence-electron chi connectivity index (χ3n) is 9.48. The highest BCUT2D eigenvalue weighted by Gasteiger charge is 2.29. The van der Waals surface area contributed by atoms with Gasteiger partial charge >= 0.3 is 0 Å². The van der Waals surface area contributed by atoms with E-state index in [0.29, 0.717) is 22.5 Å². The molecule has 9 heteroatoms. The van der Waals surface area contributed by atoms with E-state index >= 15 is 0 Å². The molecule has 6 rings (SSSR count). The van der Waals surface area contributed by atoms with Gasteiger partial charge in [0.05, 0.1) is 10.8 Å². The molecule has 0 radical (unpaired) electrons. The number of carbonyl (C=O) groups is 2. The maximum atomic E-state index is 13.8. The topological polar surface area (TPSA) is 87.2 Å². The number of para-hydroxylation sites is 1. The SMILES string of the molecule is CN(C)c1nc(NC2CCC(NC(=O)C(CC(=O)c3ccc(C4CCCCC4)cc3)Sc3ccc(Cl)cc3)CC2)nc2ccccc12. The summed E-state index contributed by atoms with van der Waals surface area (Å²) in [6.45, 7) is 0. The van der Waals surface area contributed by atoms with Gasteiger partial charge < -0.3 is 15.5 Å². The van der Waals surface area contributed by atoms with Gasteiger partial charge in [-0.15, -0.1) is 11.8 Å². The Hall–Kier alpha value is -3.62. The van der Waals surface area contributed by atoms with Crippen LogP contribution in [0.25, 0.3) is 10.9 Å². The van der Waals surface area contributed by atoms with Crippen molar-refractivity contribution in [1.29, 1.82) is 0 Å². The summed E-state index contributed by atoms with van der Waals surface area (Å²) in [5, 5.41) is 7.95. The van der Waals surface area contributed by atoms with Crippen LogP contribution in [0.4, 0.5) is 11.8 Å². The third-order valence-corrected chi connectivity index (χ3v) is 10.9. The normalized spacial score (nSPS) is 19.2. The number of ketones is 1. The lowest BCUT2D eigenvalue weighted by molar-refractivity contribution is -0.121. The molecule has 1 unspecified atom stereocenters. The van der Waals surface area contributed by atoms with Crippen LogP contribution in [0.15, 0.2) is 77.7 Å². The van der Waals surface area contributed by atoms with E-state index in [1.54, 1.807) is 0 Å². The van der Waals surface area contributed by atoms with Gasteiger partial charge in [-0.1, -0.05) is 67.3 Å². The monoisotopic (exact) mass is 669 g/mol. The Kier molecular flexibility index (Phi) is 11.0. The van der Waals surface area contributed by atoms with Crippen molar-refractivity contribution in [3.8, 4) is 0 Å². The van der Waals surface area contributed by atoms with Crippen molar-refractivity contribution >= 4 is 57.7 Å². The van der Waals surface area contributed by atoms with Crippen LogP contribution in [0.5, 0.6) is 0 Å². The van der Waals surface area contributed by atoms with Crippen molar-refractivity contribution in [2.24, 2.45) is 0 Å². The molecule has 7 nitrogen and oxygen atoms in total. The third kappa shape index (κ3) is 8.65. The fourth-order valence-corrected chi connectivity index (χ4v) is 8.01. The largest absolute Gasteiger partial charge is 0.362 e. The fraction of sp³-hybridized carbons (Fsp3) is 0.421. The van der Waals surface area contributed by atoms with Gasteiger partial charge in [-0.3, -0.25) is 9.59 Å². The van der Waals surface area contributed by atoms with Crippen molar-refractivity contribution in [3.05, 3.63) is 88.9 Å².